The zero-order valence-electron chi connectivity index (χ0n) is 26.1. The van der Waals surface area contributed by atoms with Crippen LogP contribution < -0.4 is 10.2 Å². The van der Waals surface area contributed by atoms with Crippen molar-refractivity contribution >= 4 is 35.8 Å². The Bertz CT molecular complexity index is 1080. The summed E-state index contributed by atoms with van der Waals surface area (Å²) in [5.41, 5.74) is 0. The summed E-state index contributed by atoms with van der Waals surface area (Å²) in [6.45, 7) is -2.21. The molecule has 0 saturated carbocycles. The third kappa shape index (κ3) is 16.3. The van der Waals surface area contributed by atoms with Crippen LogP contribution in [0.4, 0.5) is 0 Å². The van der Waals surface area contributed by atoms with Crippen LogP contribution in [0.5, 0.6) is 0 Å². The predicted molar refractivity (Wildman–Crippen MR) is 143 cm³/mol. The van der Waals surface area contributed by atoms with Crippen molar-refractivity contribution in [1.82, 2.24) is 0 Å². The molecule has 0 aliphatic carbocycles. The van der Waals surface area contributed by atoms with E-state index in [1.54, 1.807) is 0 Å². The Balaban J connectivity index is -0.000000926. The summed E-state index contributed by atoms with van der Waals surface area (Å²) in [4.78, 5) is 65.9. The summed E-state index contributed by atoms with van der Waals surface area (Å²) in [6.07, 6.45) is -40.4. The number of aliphatic hydroxyl groups is 16. The van der Waals surface area contributed by atoms with Gasteiger partial charge in [-0.3, -0.25) is 0 Å². The molecule has 0 aromatic rings. The molecule has 0 fully saturated rings. The summed E-state index contributed by atoms with van der Waals surface area (Å²) in [5.74, 6) is -12.6. The van der Waals surface area contributed by atoms with Crippen LogP contribution in [-0.4, -0.2) is 239 Å². The number of aliphatic carboxylic acids is 4. The minimum absolute atomic E-state index is 0. The van der Waals surface area contributed by atoms with Crippen molar-refractivity contribution in [2.45, 2.75) is 97.7 Å². The average Bonchev–Trinajstić information content (AvgIpc) is 3.10. The van der Waals surface area contributed by atoms with Crippen LogP contribution >= 0.6 is 0 Å². The van der Waals surface area contributed by atoms with Crippen molar-refractivity contribution in [3.8, 4) is 0 Å². The minimum atomic E-state index is -2.77. The second-order valence-corrected chi connectivity index (χ2v) is 10.2. The minimum Gasteiger partial charge on any atom is -0.546 e. The van der Waals surface area contributed by atoms with Crippen LogP contribution in [0.1, 0.15) is 0 Å². The second kappa shape index (κ2) is 24.9. The number of carboxylic acid groups (broad SMARTS) is 4. The Labute approximate surface area is 304 Å². The average molecular weight is 838 g/mol. The molecular weight excluding hydrogens is 800 g/mol. The first-order valence-corrected chi connectivity index (χ1v) is 13.8. The first kappa shape index (κ1) is 54.0. The van der Waals surface area contributed by atoms with Gasteiger partial charge in [-0.1, -0.05) is 0 Å². The van der Waals surface area contributed by atoms with E-state index in [2.05, 4.69) is 9.47 Å². The molecule has 0 aromatic carbocycles. The van der Waals surface area contributed by atoms with E-state index in [1.807, 2.05) is 0 Å². The fourth-order valence-corrected chi connectivity index (χ4v) is 3.25. The smallest absolute Gasteiger partial charge is 0.546 e. The van der Waals surface area contributed by atoms with Gasteiger partial charge in [-0.15, -0.1) is 0 Å². The molecule has 0 amide bonds. The van der Waals surface area contributed by atoms with Crippen molar-refractivity contribution < 1.29 is 157 Å². The number of carbonyl (C=O) groups excluding carboxylic acids is 4. The molecule has 18 N–H and O–H groups in total. The van der Waals surface area contributed by atoms with Gasteiger partial charge in [0.2, 0.25) is 0 Å². The Kier molecular flexibility index (Phi) is 25.4. The van der Waals surface area contributed by atoms with E-state index in [0.717, 1.165) is 0 Å². The van der Waals surface area contributed by atoms with Crippen molar-refractivity contribution in [3.05, 3.63) is 0 Å². The number of hydrogen-bond donors (Lipinski definition) is 18. The topological polar surface area (TPSA) is 531 Å². The van der Waals surface area contributed by atoms with E-state index < -0.39 is 147 Å². The molecule has 0 bridgehead atoms. The van der Waals surface area contributed by atoms with Gasteiger partial charge in [0, 0.05) is 0 Å². The third-order valence-electron chi connectivity index (χ3n) is 6.42. The number of hydrogen-bond acceptors (Lipinski definition) is 26. The van der Waals surface area contributed by atoms with E-state index in [0.29, 0.717) is 0 Å². The molecule has 313 valence electrons. The number of aliphatic hydroxyl groups excluding tert-OH is 16. The number of rotatable bonds is 22. The van der Waals surface area contributed by atoms with E-state index in [-0.39, 0.29) is 17.1 Å². The van der Waals surface area contributed by atoms with Gasteiger partial charge < -0.3 is 121 Å². The van der Waals surface area contributed by atoms with Gasteiger partial charge in [-0.25, -0.2) is 19.2 Å². The Morgan fingerprint density at radius 2 is 0.642 bits per heavy atom. The summed E-state index contributed by atoms with van der Waals surface area (Å²) in [6, 6.07) is 0. The summed E-state index contributed by atoms with van der Waals surface area (Å²) in [5, 5.41) is 186. The number of carbonyl (C=O) groups is 6. The summed E-state index contributed by atoms with van der Waals surface area (Å²) >= 11 is 0. The molecule has 16 atom stereocenters. The quantitative estimate of drug-likeness (QED) is 0.0355. The first-order valence-electron chi connectivity index (χ1n) is 13.8. The molecule has 53 heavy (non-hydrogen) atoms. The monoisotopic (exact) mass is 837 g/mol. The van der Waals surface area contributed by atoms with E-state index in [9.17, 15) is 90.0 Å². The maximum absolute atomic E-state index is 11.6. The maximum atomic E-state index is 11.6. The van der Waals surface area contributed by atoms with Crippen LogP contribution in [0.2, 0.25) is 0 Å². The van der Waals surface area contributed by atoms with Gasteiger partial charge in [0.05, 0.1) is 25.2 Å². The van der Waals surface area contributed by atoms with E-state index in [1.165, 1.54) is 0 Å². The molecule has 0 saturated heterocycles. The molecule has 0 spiro atoms. The fourth-order valence-electron chi connectivity index (χ4n) is 3.25. The Morgan fingerprint density at radius 1 is 0.415 bits per heavy atom. The van der Waals surface area contributed by atoms with Gasteiger partial charge in [0.15, 0.2) is 36.6 Å². The molecule has 1 radical (unpaired) electrons. The second-order valence-electron chi connectivity index (χ2n) is 10.2. The van der Waals surface area contributed by atoms with E-state index >= 15 is 0 Å². The molecule has 0 unspecified atom stereocenters. The van der Waals surface area contributed by atoms with Gasteiger partial charge >= 0.3 is 40.9 Å². The molecule has 0 aromatic heterocycles. The largest absolute Gasteiger partial charge is 2.00 e. The van der Waals surface area contributed by atoms with Gasteiger partial charge in [0.25, 0.3) is 0 Å². The third-order valence-corrected chi connectivity index (χ3v) is 6.42. The molecular formula is C24H38CuO28. The van der Waals surface area contributed by atoms with Gasteiger partial charge in [0.1, 0.15) is 61.0 Å². The van der Waals surface area contributed by atoms with Crippen molar-refractivity contribution in [1.29, 1.82) is 0 Å². The van der Waals surface area contributed by atoms with Crippen LogP contribution in [0.25, 0.3) is 0 Å². The number of carboxylic acids is 4. The van der Waals surface area contributed by atoms with Crippen molar-refractivity contribution in [2.24, 2.45) is 0 Å². The van der Waals surface area contributed by atoms with Crippen molar-refractivity contribution in [3.63, 3.8) is 0 Å². The zero-order chi connectivity index (χ0) is 41.5. The van der Waals surface area contributed by atoms with Crippen LogP contribution in [-0.2, 0) is 55.3 Å². The predicted octanol–water partition coefficient (Wildman–Crippen LogP) is -15.5. The number of esters is 2. The fraction of sp³-hybridized carbons (Fsp3) is 0.750. The van der Waals surface area contributed by atoms with Gasteiger partial charge in [-0.2, -0.15) is 0 Å². The van der Waals surface area contributed by atoms with Gasteiger partial charge in [-0.05, 0) is 0 Å². The van der Waals surface area contributed by atoms with Crippen LogP contribution in [0.15, 0.2) is 0 Å². The van der Waals surface area contributed by atoms with Crippen LogP contribution in [0, 0.1) is 0 Å². The Hall–Kier alpha value is -3.30. The summed E-state index contributed by atoms with van der Waals surface area (Å²) < 4.78 is 8.22. The molecule has 0 rings (SSSR count). The first-order chi connectivity index (χ1) is 23.7. The SMILES string of the molecule is O=C(O)[C@@H](O)[C@@H](O)[C@H](O)[C@@H](O)C(=O)O[C@@H](C(=O)[O-])[C@@H](O)[C@H](O)[C@H](O)CO.O=C(O)[C@@H](O)[C@@H](O)[C@H](O)[C@@H](O)C(=O)O[C@@H](C(=O)[O-])[C@@H](O)[C@H](O)[C@H](O)CO.[Cu+2]. The normalized spacial score (nSPS) is 20.4. The van der Waals surface area contributed by atoms with Crippen LogP contribution in [0.3, 0.4) is 0 Å². The summed E-state index contributed by atoms with van der Waals surface area (Å²) in [7, 11) is 0. The molecule has 0 heterocycles. The maximum Gasteiger partial charge on any atom is 2.00 e. The Morgan fingerprint density at radius 3 is 0.830 bits per heavy atom. The zero-order valence-corrected chi connectivity index (χ0v) is 27.0. The standard InChI is InChI=1S/2C12H20O14.Cu/c2*13-1-2(14)3(15)6(18)9(11(23)24)26-12(25)8(20)5(17)4(16)7(19)10(21)22;/h2*2-9,13-20H,1H2,(H,21,22)(H,23,24);/q;;+2/p-2/t2*2-,3-,4+,5+,6+,7+,8-,9-;/m11./s1. The van der Waals surface area contributed by atoms with E-state index in [4.69, 9.17) is 40.9 Å². The molecule has 0 aliphatic heterocycles. The molecule has 0 aliphatic rings. The molecule has 29 heteroatoms. The number of ether oxygens (including phenoxy) is 2. The molecule has 28 nitrogen and oxygen atoms in total. The van der Waals surface area contributed by atoms with Crippen molar-refractivity contribution in [2.75, 3.05) is 13.2 Å².